The van der Waals surface area contributed by atoms with Crippen LogP contribution >= 0.6 is 0 Å². The Morgan fingerprint density at radius 2 is 2.35 bits per heavy atom. The molecule has 4 heteroatoms. The molecule has 2 heterocycles. The molecule has 20 heavy (non-hydrogen) atoms. The van der Waals surface area contributed by atoms with E-state index in [1.807, 2.05) is 25.4 Å². The average molecular weight is 277 g/mol. The van der Waals surface area contributed by atoms with Crippen molar-refractivity contribution in [2.45, 2.75) is 45.1 Å². The summed E-state index contributed by atoms with van der Waals surface area (Å²) in [5.74, 6) is 1.97. The minimum absolute atomic E-state index is 0.579. The quantitative estimate of drug-likeness (QED) is 0.831. The zero-order valence-electron chi connectivity index (χ0n) is 12.8. The van der Waals surface area contributed by atoms with Gasteiger partial charge >= 0.3 is 0 Å². The second-order valence-electron chi connectivity index (χ2n) is 5.41. The first-order valence-electron chi connectivity index (χ1n) is 7.86. The predicted molar refractivity (Wildman–Crippen MR) is 83.6 cm³/mol. The molecule has 0 amide bonds. The lowest BCUT2D eigenvalue weighted by Gasteiger charge is -2.37. The molecule has 1 aliphatic rings. The zero-order chi connectivity index (χ0) is 14.2. The average Bonchev–Trinajstić information content (AvgIpc) is 2.51. The summed E-state index contributed by atoms with van der Waals surface area (Å²) in [5.41, 5.74) is 0. The van der Waals surface area contributed by atoms with Crippen molar-refractivity contribution in [1.29, 1.82) is 0 Å². The highest BCUT2D eigenvalue weighted by atomic mass is 16.5. The van der Waals surface area contributed by atoms with Gasteiger partial charge in [-0.25, -0.2) is 4.98 Å². The van der Waals surface area contributed by atoms with Gasteiger partial charge < -0.3 is 15.0 Å². The van der Waals surface area contributed by atoms with Crippen molar-refractivity contribution in [2.75, 3.05) is 31.6 Å². The fourth-order valence-corrected chi connectivity index (χ4v) is 2.81. The number of anilines is 1. The van der Waals surface area contributed by atoms with E-state index in [1.165, 1.54) is 25.7 Å². The highest BCUT2D eigenvalue weighted by Crippen LogP contribution is 2.31. The normalized spacial score (nSPS) is 19.1. The van der Waals surface area contributed by atoms with Gasteiger partial charge in [-0.15, -0.1) is 0 Å². The van der Waals surface area contributed by atoms with E-state index in [9.17, 15) is 0 Å². The molecule has 0 bridgehead atoms. The van der Waals surface area contributed by atoms with Gasteiger partial charge in [0.1, 0.15) is 0 Å². The molecule has 1 fully saturated rings. The fourth-order valence-electron chi connectivity index (χ4n) is 2.81. The van der Waals surface area contributed by atoms with Gasteiger partial charge in [0, 0.05) is 18.8 Å². The van der Waals surface area contributed by atoms with Crippen LogP contribution in [0.15, 0.2) is 18.3 Å². The van der Waals surface area contributed by atoms with Crippen LogP contribution in [0.3, 0.4) is 0 Å². The fraction of sp³-hybridized carbons (Fsp3) is 0.688. The van der Waals surface area contributed by atoms with E-state index in [1.54, 1.807) is 0 Å². The molecule has 1 N–H and O–H groups in total. The molecule has 1 atom stereocenters. The number of nitrogens with zero attached hydrogens (tertiary/aromatic N) is 2. The Morgan fingerprint density at radius 1 is 1.45 bits per heavy atom. The van der Waals surface area contributed by atoms with Gasteiger partial charge in [0.25, 0.3) is 0 Å². The number of rotatable bonds is 7. The largest absolute Gasteiger partial charge is 0.490 e. The first kappa shape index (κ1) is 15.1. The molecule has 0 radical (unpaired) electrons. The number of aromatic nitrogens is 1. The lowest BCUT2D eigenvalue weighted by atomic mass is 9.99. The maximum atomic E-state index is 5.87. The minimum atomic E-state index is 0.579. The van der Waals surface area contributed by atoms with Crippen LogP contribution in [-0.4, -0.2) is 37.8 Å². The molecule has 0 saturated carbocycles. The van der Waals surface area contributed by atoms with Gasteiger partial charge in [-0.1, -0.05) is 6.92 Å². The Balaban J connectivity index is 2.14. The van der Waals surface area contributed by atoms with Crippen LogP contribution in [0.2, 0.25) is 0 Å². The van der Waals surface area contributed by atoms with Crippen molar-refractivity contribution in [3.8, 4) is 5.75 Å². The van der Waals surface area contributed by atoms with Crippen LogP contribution in [0.5, 0.6) is 5.75 Å². The smallest absolute Gasteiger partial charge is 0.171 e. The summed E-state index contributed by atoms with van der Waals surface area (Å²) >= 11 is 0. The molecule has 2 rings (SSSR count). The zero-order valence-corrected chi connectivity index (χ0v) is 12.8. The Bertz CT molecular complexity index is 397. The molecule has 4 nitrogen and oxygen atoms in total. The third-order valence-electron chi connectivity index (χ3n) is 3.84. The van der Waals surface area contributed by atoms with Gasteiger partial charge in [0.05, 0.1) is 6.61 Å². The summed E-state index contributed by atoms with van der Waals surface area (Å²) in [4.78, 5) is 7.04. The Kier molecular flexibility index (Phi) is 6.12. The second-order valence-corrected chi connectivity index (χ2v) is 5.41. The van der Waals surface area contributed by atoms with Gasteiger partial charge in [-0.2, -0.15) is 0 Å². The van der Waals surface area contributed by atoms with Crippen LogP contribution in [0.25, 0.3) is 0 Å². The lowest BCUT2D eigenvalue weighted by molar-refractivity contribution is 0.313. The Hall–Kier alpha value is -1.29. The highest BCUT2D eigenvalue weighted by Gasteiger charge is 2.25. The third kappa shape index (κ3) is 3.85. The highest BCUT2D eigenvalue weighted by molar-refractivity contribution is 5.53. The molecule has 0 spiro atoms. The van der Waals surface area contributed by atoms with Crippen LogP contribution < -0.4 is 15.0 Å². The van der Waals surface area contributed by atoms with E-state index < -0.39 is 0 Å². The van der Waals surface area contributed by atoms with E-state index in [0.717, 1.165) is 37.7 Å². The number of nitrogens with one attached hydrogen (secondary N) is 1. The van der Waals surface area contributed by atoms with Crippen molar-refractivity contribution in [2.24, 2.45) is 0 Å². The molecule has 112 valence electrons. The van der Waals surface area contributed by atoms with Gasteiger partial charge in [-0.05, 0) is 57.8 Å². The van der Waals surface area contributed by atoms with E-state index in [0.29, 0.717) is 6.04 Å². The van der Waals surface area contributed by atoms with Crippen molar-refractivity contribution in [3.63, 3.8) is 0 Å². The third-order valence-corrected chi connectivity index (χ3v) is 3.84. The second kappa shape index (κ2) is 8.10. The molecular formula is C16H27N3O. The van der Waals surface area contributed by atoms with E-state index in [2.05, 4.69) is 22.1 Å². The van der Waals surface area contributed by atoms with Gasteiger partial charge in [0.2, 0.25) is 0 Å². The standard InChI is InChI=1S/C16H27N3O/c1-3-13-20-15-8-6-10-18-16(15)19-12-5-4-7-14(19)9-11-17-2/h6,8,10,14,17H,3-5,7,9,11-13H2,1-2H3. The monoisotopic (exact) mass is 277 g/mol. The molecular weight excluding hydrogens is 250 g/mol. The molecule has 1 unspecified atom stereocenters. The topological polar surface area (TPSA) is 37.4 Å². The van der Waals surface area contributed by atoms with Crippen LogP contribution in [0, 0.1) is 0 Å². The summed E-state index contributed by atoms with van der Waals surface area (Å²) in [6.45, 7) is 5.04. The van der Waals surface area contributed by atoms with Gasteiger partial charge in [-0.3, -0.25) is 0 Å². The minimum Gasteiger partial charge on any atom is -0.490 e. The van der Waals surface area contributed by atoms with E-state index in [4.69, 9.17) is 4.74 Å². The summed E-state index contributed by atoms with van der Waals surface area (Å²) in [7, 11) is 2.02. The number of piperidine rings is 1. The summed E-state index contributed by atoms with van der Waals surface area (Å²) < 4.78 is 5.87. The Labute approximate surface area is 122 Å². The van der Waals surface area contributed by atoms with Crippen molar-refractivity contribution in [1.82, 2.24) is 10.3 Å². The van der Waals surface area contributed by atoms with Crippen LogP contribution in [0.1, 0.15) is 39.0 Å². The predicted octanol–water partition coefficient (Wildman–Crippen LogP) is 2.84. The van der Waals surface area contributed by atoms with E-state index >= 15 is 0 Å². The summed E-state index contributed by atoms with van der Waals surface area (Å²) in [6.07, 6.45) is 7.89. The molecule has 0 aliphatic carbocycles. The molecule has 1 aliphatic heterocycles. The van der Waals surface area contributed by atoms with Crippen molar-refractivity contribution in [3.05, 3.63) is 18.3 Å². The number of hydrogen-bond acceptors (Lipinski definition) is 4. The molecule has 1 saturated heterocycles. The van der Waals surface area contributed by atoms with Crippen LogP contribution in [-0.2, 0) is 0 Å². The maximum Gasteiger partial charge on any atom is 0.171 e. The van der Waals surface area contributed by atoms with Crippen molar-refractivity contribution < 1.29 is 4.74 Å². The maximum absolute atomic E-state index is 5.87. The SMILES string of the molecule is CCCOc1cccnc1N1CCCCC1CCNC. The number of pyridine rings is 1. The lowest BCUT2D eigenvalue weighted by Crippen LogP contribution is -2.41. The van der Waals surface area contributed by atoms with Crippen molar-refractivity contribution >= 4 is 5.82 Å². The molecule has 1 aromatic heterocycles. The van der Waals surface area contributed by atoms with Gasteiger partial charge in [0.15, 0.2) is 11.6 Å². The molecule has 1 aromatic rings. The first-order chi connectivity index (χ1) is 9.86. The molecule has 0 aromatic carbocycles. The number of hydrogen-bond donors (Lipinski definition) is 1. The summed E-state index contributed by atoms with van der Waals surface area (Å²) in [5, 5.41) is 3.26. The van der Waals surface area contributed by atoms with E-state index in [-0.39, 0.29) is 0 Å². The summed E-state index contributed by atoms with van der Waals surface area (Å²) in [6, 6.07) is 4.58. The van der Waals surface area contributed by atoms with Crippen LogP contribution in [0.4, 0.5) is 5.82 Å². The first-order valence-corrected chi connectivity index (χ1v) is 7.86. The Morgan fingerprint density at radius 3 is 3.15 bits per heavy atom. The number of ether oxygens (including phenoxy) is 1.